The molecule has 0 saturated carbocycles. The monoisotopic (exact) mass is 388 g/mol. The molecule has 2 rings (SSSR count). The van der Waals surface area contributed by atoms with Gasteiger partial charge in [0.05, 0.1) is 5.56 Å². The summed E-state index contributed by atoms with van der Waals surface area (Å²) in [4.78, 5) is 29.8. The van der Waals surface area contributed by atoms with Crippen molar-refractivity contribution in [1.29, 1.82) is 0 Å². The van der Waals surface area contributed by atoms with E-state index in [0.717, 1.165) is 51.3 Å². The highest BCUT2D eigenvalue weighted by Crippen LogP contribution is 2.28. The van der Waals surface area contributed by atoms with Crippen molar-refractivity contribution >= 4 is 23.2 Å². The molecular formula is C22H36N4O2. The summed E-state index contributed by atoms with van der Waals surface area (Å²) in [6.45, 7) is 15.2. The summed E-state index contributed by atoms with van der Waals surface area (Å²) in [6, 6.07) is 5.66. The molecule has 0 aliphatic carbocycles. The number of hydrogen-bond donors (Lipinski definition) is 2. The Morgan fingerprint density at radius 3 is 2.32 bits per heavy atom. The van der Waals surface area contributed by atoms with Gasteiger partial charge in [-0.15, -0.1) is 0 Å². The van der Waals surface area contributed by atoms with Gasteiger partial charge in [0.2, 0.25) is 5.91 Å². The van der Waals surface area contributed by atoms with Crippen molar-refractivity contribution in [3.05, 3.63) is 23.8 Å². The minimum atomic E-state index is -0.486. The van der Waals surface area contributed by atoms with Crippen LogP contribution in [0.3, 0.4) is 0 Å². The molecule has 0 bridgehead atoms. The number of amides is 2. The molecule has 0 unspecified atom stereocenters. The van der Waals surface area contributed by atoms with Gasteiger partial charge in [-0.05, 0) is 44.1 Å². The fraction of sp³-hybridized carbons (Fsp3) is 0.636. The number of benzene rings is 1. The fourth-order valence-electron chi connectivity index (χ4n) is 3.31. The van der Waals surface area contributed by atoms with Crippen LogP contribution in [-0.2, 0) is 4.79 Å². The zero-order chi connectivity index (χ0) is 20.7. The molecule has 28 heavy (non-hydrogen) atoms. The zero-order valence-corrected chi connectivity index (χ0v) is 18.1. The third-order valence-corrected chi connectivity index (χ3v) is 5.23. The largest absolute Gasteiger partial charge is 0.371 e. The third kappa shape index (κ3) is 5.96. The maximum absolute atomic E-state index is 12.9. The Hall–Kier alpha value is -2.08. The predicted octanol–water partition coefficient (Wildman–Crippen LogP) is 3.34. The number of anilines is 2. The Bertz CT molecular complexity index is 672. The van der Waals surface area contributed by atoms with Crippen LogP contribution in [0.25, 0.3) is 0 Å². The molecule has 0 spiro atoms. The fourth-order valence-corrected chi connectivity index (χ4v) is 3.31. The van der Waals surface area contributed by atoms with E-state index in [1.165, 1.54) is 0 Å². The molecule has 2 N–H and O–H groups in total. The standard InChI is InChI=1S/C22H36N4O2/c1-6-25(7-2)15-12-23-20(27)18-16-17(24-21(28)22(3,4)5)10-11-19(18)26-13-8-9-14-26/h10-11,16H,6-9,12-15H2,1-5H3,(H,23,27)(H,24,28). The van der Waals surface area contributed by atoms with Crippen molar-refractivity contribution in [3.8, 4) is 0 Å². The maximum Gasteiger partial charge on any atom is 0.253 e. The molecular weight excluding hydrogens is 352 g/mol. The van der Waals surface area contributed by atoms with Crippen LogP contribution < -0.4 is 15.5 Å². The summed E-state index contributed by atoms with van der Waals surface area (Å²) < 4.78 is 0. The van der Waals surface area contributed by atoms with Gasteiger partial charge in [-0.2, -0.15) is 0 Å². The molecule has 2 amide bonds. The van der Waals surface area contributed by atoms with Gasteiger partial charge in [0.15, 0.2) is 0 Å². The number of likely N-dealkylation sites (N-methyl/N-ethyl adjacent to an activating group) is 1. The normalized spacial score (nSPS) is 14.4. The summed E-state index contributed by atoms with van der Waals surface area (Å²) in [5.74, 6) is -0.143. The van der Waals surface area contributed by atoms with E-state index in [4.69, 9.17) is 0 Å². The first-order valence-electron chi connectivity index (χ1n) is 10.5. The Morgan fingerprint density at radius 1 is 1.11 bits per heavy atom. The van der Waals surface area contributed by atoms with E-state index in [1.807, 2.05) is 39.0 Å². The first kappa shape index (κ1) is 22.2. The van der Waals surface area contributed by atoms with E-state index in [9.17, 15) is 9.59 Å². The molecule has 6 nitrogen and oxygen atoms in total. The Balaban J connectivity index is 2.18. The summed E-state index contributed by atoms with van der Waals surface area (Å²) in [5.41, 5.74) is 1.76. The first-order chi connectivity index (χ1) is 13.3. The smallest absolute Gasteiger partial charge is 0.253 e. The number of nitrogens with zero attached hydrogens (tertiary/aromatic N) is 2. The van der Waals surface area contributed by atoms with Crippen LogP contribution in [0.5, 0.6) is 0 Å². The number of carbonyl (C=O) groups is 2. The van der Waals surface area contributed by atoms with Crippen molar-refractivity contribution in [1.82, 2.24) is 10.2 Å². The second-order valence-electron chi connectivity index (χ2n) is 8.41. The average Bonchev–Trinajstić information content (AvgIpc) is 3.18. The van der Waals surface area contributed by atoms with E-state index in [2.05, 4.69) is 34.3 Å². The second-order valence-corrected chi connectivity index (χ2v) is 8.41. The SMILES string of the molecule is CCN(CC)CCNC(=O)c1cc(NC(=O)C(C)(C)C)ccc1N1CCCC1. The van der Waals surface area contributed by atoms with Gasteiger partial charge in [-0.1, -0.05) is 34.6 Å². The second kappa shape index (κ2) is 9.92. The lowest BCUT2D eigenvalue weighted by Gasteiger charge is -2.23. The van der Waals surface area contributed by atoms with Gasteiger partial charge in [0, 0.05) is 43.0 Å². The molecule has 6 heteroatoms. The molecule has 0 radical (unpaired) electrons. The Morgan fingerprint density at radius 2 is 1.75 bits per heavy atom. The van der Waals surface area contributed by atoms with Gasteiger partial charge >= 0.3 is 0 Å². The van der Waals surface area contributed by atoms with E-state index in [0.29, 0.717) is 17.8 Å². The lowest BCUT2D eigenvalue weighted by molar-refractivity contribution is -0.123. The Labute approximate surface area is 169 Å². The summed E-state index contributed by atoms with van der Waals surface area (Å²) in [5, 5.41) is 5.99. The van der Waals surface area contributed by atoms with Crippen molar-refractivity contribution in [3.63, 3.8) is 0 Å². The van der Waals surface area contributed by atoms with E-state index in [-0.39, 0.29) is 11.8 Å². The maximum atomic E-state index is 12.9. The molecule has 1 aliphatic heterocycles. The molecule has 0 atom stereocenters. The summed E-state index contributed by atoms with van der Waals surface area (Å²) in [6.07, 6.45) is 2.29. The molecule has 1 saturated heterocycles. The van der Waals surface area contributed by atoms with Crippen molar-refractivity contribution in [2.75, 3.05) is 49.5 Å². The van der Waals surface area contributed by atoms with Gasteiger partial charge < -0.3 is 20.4 Å². The van der Waals surface area contributed by atoms with Crippen LogP contribution >= 0.6 is 0 Å². The Kier molecular flexibility index (Phi) is 7.87. The van der Waals surface area contributed by atoms with Crippen LogP contribution in [0.1, 0.15) is 57.8 Å². The van der Waals surface area contributed by atoms with Crippen LogP contribution in [0.2, 0.25) is 0 Å². The molecule has 1 fully saturated rings. The minimum absolute atomic E-state index is 0.0608. The molecule has 1 aromatic carbocycles. The minimum Gasteiger partial charge on any atom is -0.371 e. The third-order valence-electron chi connectivity index (χ3n) is 5.23. The first-order valence-corrected chi connectivity index (χ1v) is 10.5. The van der Waals surface area contributed by atoms with Crippen molar-refractivity contribution in [2.45, 2.75) is 47.5 Å². The summed E-state index contributed by atoms with van der Waals surface area (Å²) in [7, 11) is 0. The highest BCUT2D eigenvalue weighted by Gasteiger charge is 2.23. The highest BCUT2D eigenvalue weighted by atomic mass is 16.2. The number of carbonyl (C=O) groups excluding carboxylic acids is 2. The highest BCUT2D eigenvalue weighted by molar-refractivity contribution is 6.02. The molecule has 1 heterocycles. The van der Waals surface area contributed by atoms with Gasteiger partial charge in [0.1, 0.15) is 0 Å². The van der Waals surface area contributed by atoms with Gasteiger partial charge in [0.25, 0.3) is 5.91 Å². The molecule has 1 aromatic rings. The topological polar surface area (TPSA) is 64.7 Å². The average molecular weight is 389 g/mol. The van der Waals surface area contributed by atoms with Gasteiger partial charge in [-0.25, -0.2) is 0 Å². The number of nitrogens with one attached hydrogen (secondary N) is 2. The predicted molar refractivity (Wildman–Crippen MR) is 116 cm³/mol. The molecule has 156 valence electrons. The quantitative estimate of drug-likeness (QED) is 0.717. The summed E-state index contributed by atoms with van der Waals surface area (Å²) >= 11 is 0. The molecule has 1 aliphatic rings. The van der Waals surface area contributed by atoms with Crippen LogP contribution in [0, 0.1) is 5.41 Å². The van der Waals surface area contributed by atoms with E-state index >= 15 is 0 Å². The van der Waals surface area contributed by atoms with Crippen LogP contribution in [0.15, 0.2) is 18.2 Å². The van der Waals surface area contributed by atoms with Crippen molar-refractivity contribution in [2.24, 2.45) is 5.41 Å². The molecule has 0 aromatic heterocycles. The number of hydrogen-bond acceptors (Lipinski definition) is 4. The lowest BCUT2D eigenvalue weighted by atomic mass is 9.95. The van der Waals surface area contributed by atoms with Crippen LogP contribution in [-0.4, -0.2) is 56.0 Å². The van der Waals surface area contributed by atoms with Crippen molar-refractivity contribution < 1.29 is 9.59 Å². The zero-order valence-electron chi connectivity index (χ0n) is 18.1. The lowest BCUT2D eigenvalue weighted by Crippen LogP contribution is -2.35. The van der Waals surface area contributed by atoms with Crippen LogP contribution in [0.4, 0.5) is 11.4 Å². The number of rotatable bonds is 8. The van der Waals surface area contributed by atoms with E-state index in [1.54, 1.807) is 0 Å². The van der Waals surface area contributed by atoms with E-state index < -0.39 is 5.41 Å². The van der Waals surface area contributed by atoms with Gasteiger partial charge in [-0.3, -0.25) is 9.59 Å².